The molecule has 5 nitrogen and oxygen atoms in total. The molecule has 4 aromatic heterocycles. The number of pyridine rings is 3. The number of terminal acetylenes is 1. The smallest absolute Gasteiger partial charge is 0.141 e. The minimum Gasteiger partial charge on any atom is -0.366 e. The summed E-state index contributed by atoms with van der Waals surface area (Å²) in [6, 6.07) is 7.19. The van der Waals surface area contributed by atoms with E-state index in [4.69, 9.17) is 6.42 Å². The van der Waals surface area contributed by atoms with E-state index < -0.39 is 0 Å². The van der Waals surface area contributed by atoms with Gasteiger partial charge in [0, 0.05) is 48.7 Å². The van der Waals surface area contributed by atoms with Crippen molar-refractivity contribution in [1.82, 2.24) is 19.9 Å². The number of halogens is 1. The minimum atomic E-state index is -0.350. The Labute approximate surface area is 155 Å². The lowest BCUT2D eigenvalue weighted by molar-refractivity contribution is 0.619. The summed E-state index contributed by atoms with van der Waals surface area (Å²) in [6.45, 7) is 0.455. The Hall–Kier alpha value is -3.72. The van der Waals surface area contributed by atoms with Crippen molar-refractivity contribution in [1.29, 1.82) is 0 Å². The van der Waals surface area contributed by atoms with Gasteiger partial charge in [-0.25, -0.2) is 14.4 Å². The van der Waals surface area contributed by atoms with Gasteiger partial charge in [-0.05, 0) is 34.9 Å². The van der Waals surface area contributed by atoms with Crippen LogP contribution >= 0.6 is 0 Å². The molecule has 2 N–H and O–H groups in total. The van der Waals surface area contributed by atoms with Gasteiger partial charge in [0.25, 0.3) is 0 Å². The summed E-state index contributed by atoms with van der Waals surface area (Å²) in [5.74, 6) is 3.08. The molecule has 6 heteroatoms. The van der Waals surface area contributed by atoms with E-state index in [-0.39, 0.29) is 5.82 Å². The fourth-order valence-electron chi connectivity index (χ4n) is 2.98. The minimum absolute atomic E-state index is 0.350. The number of hydrogen-bond donors (Lipinski definition) is 2. The van der Waals surface area contributed by atoms with Crippen LogP contribution in [0.5, 0.6) is 0 Å². The third kappa shape index (κ3) is 3.62. The van der Waals surface area contributed by atoms with Crippen LogP contribution in [0, 0.1) is 18.2 Å². The van der Waals surface area contributed by atoms with Gasteiger partial charge >= 0.3 is 0 Å². The van der Waals surface area contributed by atoms with Gasteiger partial charge in [0.15, 0.2) is 0 Å². The molecule has 0 amide bonds. The van der Waals surface area contributed by atoms with Crippen LogP contribution in [0.3, 0.4) is 0 Å². The maximum absolute atomic E-state index is 13.2. The monoisotopic (exact) mass is 357 g/mol. The van der Waals surface area contributed by atoms with E-state index in [1.54, 1.807) is 12.4 Å². The van der Waals surface area contributed by atoms with Crippen LogP contribution in [0.2, 0.25) is 0 Å². The average molecular weight is 357 g/mol. The summed E-state index contributed by atoms with van der Waals surface area (Å²) in [5, 5.41) is 4.13. The molecule has 0 aromatic carbocycles. The number of aromatic amines is 1. The number of H-pyrrole nitrogens is 1. The highest BCUT2D eigenvalue weighted by molar-refractivity contribution is 5.86. The summed E-state index contributed by atoms with van der Waals surface area (Å²) in [6.07, 6.45) is 14.6. The second-order valence-corrected chi connectivity index (χ2v) is 6.13. The molecule has 4 heterocycles. The van der Waals surface area contributed by atoms with E-state index >= 15 is 0 Å². The molecule has 4 aromatic rings. The molecule has 0 saturated carbocycles. The van der Waals surface area contributed by atoms with Gasteiger partial charge in [0.2, 0.25) is 0 Å². The SMILES string of the molecule is C#Cc1ccnc2[nH]cc(Cc3ccc(NCc4cncc(F)c4)nc3)c12. The number of hydrogen-bond acceptors (Lipinski definition) is 4. The first-order chi connectivity index (χ1) is 13.2. The summed E-state index contributed by atoms with van der Waals surface area (Å²) in [4.78, 5) is 15.7. The molecule has 27 heavy (non-hydrogen) atoms. The summed E-state index contributed by atoms with van der Waals surface area (Å²) in [7, 11) is 0. The quantitative estimate of drug-likeness (QED) is 0.535. The van der Waals surface area contributed by atoms with Crippen LogP contribution < -0.4 is 5.32 Å². The molecule has 0 aliphatic carbocycles. The van der Waals surface area contributed by atoms with E-state index in [0.29, 0.717) is 18.8 Å². The molecule has 4 rings (SSSR count). The molecule has 0 saturated heterocycles. The molecule has 0 atom stereocenters. The van der Waals surface area contributed by atoms with Gasteiger partial charge in [-0.3, -0.25) is 4.98 Å². The maximum Gasteiger partial charge on any atom is 0.141 e. The van der Waals surface area contributed by atoms with E-state index in [1.165, 1.54) is 12.3 Å². The summed E-state index contributed by atoms with van der Waals surface area (Å²) in [5.41, 5.74) is 4.51. The molecule has 0 unspecified atom stereocenters. The Morgan fingerprint density at radius 2 is 2.04 bits per heavy atom. The second kappa shape index (κ2) is 7.26. The fourth-order valence-corrected chi connectivity index (χ4v) is 2.98. The third-order valence-corrected chi connectivity index (χ3v) is 4.27. The first-order valence-corrected chi connectivity index (χ1v) is 8.43. The molecule has 0 spiro atoms. The Morgan fingerprint density at radius 3 is 2.81 bits per heavy atom. The van der Waals surface area contributed by atoms with Gasteiger partial charge < -0.3 is 10.3 Å². The van der Waals surface area contributed by atoms with Crippen molar-refractivity contribution < 1.29 is 4.39 Å². The summed E-state index contributed by atoms with van der Waals surface area (Å²) < 4.78 is 13.2. The number of anilines is 1. The van der Waals surface area contributed by atoms with Crippen LogP contribution in [0.15, 0.2) is 55.2 Å². The first kappa shape index (κ1) is 16.7. The molecule has 0 aliphatic heterocycles. The van der Waals surface area contributed by atoms with Crippen molar-refractivity contribution in [2.24, 2.45) is 0 Å². The van der Waals surface area contributed by atoms with Crippen molar-refractivity contribution in [3.63, 3.8) is 0 Å². The lowest BCUT2D eigenvalue weighted by atomic mass is 10.0. The normalized spacial score (nSPS) is 10.7. The number of aromatic nitrogens is 4. The number of nitrogens with one attached hydrogen (secondary N) is 2. The number of rotatable bonds is 5. The maximum atomic E-state index is 13.2. The van der Waals surface area contributed by atoms with Crippen molar-refractivity contribution in [2.45, 2.75) is 13.0 Å². The Kier molecular flexibility index (Phi) is 4.50. The Morgan fingerprint density at radius 1 is 1.11 bits per heavy atom. The predicted octanol–water partition coefficient (Wildman–Crippen LogP) is 3.68. The standard InChI is InChI=1S/C21H16FN5/c1-2-16-5-6-24-21-20(16)17(12-27-21)7-14-3-4-19(25-10-14)26-11-15-8-18(22)13-23-9-15/h1,3-6,8-10,12-13H,7,11H2,(H,24,27)(H,25,26). The zero-order chi connectivity index (χ0) is 18.6. The largest absolute Gasteiger partial charge is 0.366 e. The average Bonchev–Trinajstić information content (AvgIpc) is 3.10. The van der Waals surface area contributed by atoms with Gasteiger partial charge in [-0.2, -0.15) is 0 Å². The number of fused-ring (bicyclic) bond motifs is 1. The fraction of sp³-hybridized carbons (Fsp3) is 0.0952. The lowest BCUT2D eigenvalue weighted by Crippen LogP contribution is -2.02. The van der Waals surface area contributed by atoms with E-state index in [2.05, 4.69) is 31.2 Å². The van der Waals surface area contributed by atoms with Gasteiger partial charge in [0.1, 0.15) is 17.3 Å². The van der Waals surface area contributed by atoms with E-state index in [9.17, 15) is 4.39 Å². The Bertz CT molecular complexity index is 1130. The molecular formula is C21H16FN5. The van der Waals surface area contributed by atoms with Crippen molar-refractivity contribution in [2.75, 3.05) is 5.32 Å². The van der Waals surface area contributed by atoms with Crippen LogP contribution in [0.25, 0.3) is 11.0 Å². The topological polar surface area (TPSA) is 66.5 Å². The first-order valence-electron chi connectivity index (χ1n) is 8.43. The molecule has 0 radical (unpaired) electrons. The Balaban J connectivity index is 1.48. The predicted molar refractivity (Wildman–Crippen MR) is 103 cm³/mol. The molecule has 0 bridgehead atoms. The highest BCUT2D eigenvalue weighted by Gasteiger charge is 2.09. The third-order valence-electron chi connectivity index (χ3n) is 4.27. The van der Waals surface area contributed by atoms with Gasteiger partial charge in [-0.15, -0.1) is 6.42 Å². The van der Waals surface area contributed by atoms with E-state index in [1.807, 2.05) is 30.6 Å². The van der Waals surface area contributed by atoms with Crippen LogP contribution in [-0.2, 0) is 13.0 Å². The van der Waals surface area contributed by atoms with E-state index in [0.717, 1.165) is 33.3 Å². The zero-order valence-electron chi connectivity index (χ0n) is 14.4. The van der Waals surface area contributed by atoms with Gasteiger partial charge in [0.05, 0.1) is 6.20 Å². The van der Waals surface area contributed by atoms with Crippen molar-refractivity contribution in [3.8, 4) is 12.3 Å². The summed E-state index contributed by atoms with van der Waals surface area (Å²) >= 11 is 0. The number of nitrogens with zero attached hydrogens (tertiary/aromatic N) is 3. The molecule has 132 valence electrons. The van der Waals surface area contributed by atoms with Crippen LogP contribution in [0.4, 0.5) is 10.2 Å². The molecule has 0 aliphatic rings. The highest BCUT2D eigenvalue weighted by atomic mass is 19.1. The second-order valence-electron chi connectivity index (χ2n) is 6.13. The lowest BCUT2D eigenvalue weighted by Gasteiger charge is -2.07. The van der Waals surface area contributed by atoms with Crippen molar-refractivity contribution in [3.05, 3.63) is 83.3 Å². The molecule has 0 fully saturated rings. The van der Waals surface area contributed by atoms with Crippen LogP contribution in [-0.4, -0.2) is 19.9 Å². The van der Waals surface area contributed by atoms with Crippen molar-refractivity contribution >= 4 is 16.9 Å². The van der Waals surface area contributed by atoms with Crippen LogP contribution in [0.1, 0.15) is 22.3 Å². The zero-order valence-corrected chi connectivity index (χ0v) is 14.4. The molecular weight excluding hydrogens is 341 g/mol. The highest BCUT2D eigenvalue weighted by Crippen LogP contribution is 2.23. The van der Waals surface area contributed by atoms with Gasteiger partial charge in [-0.1, -0.05) is 12.0 Å².